The van der Waals surface area contributed by atoms with Gasteiger partial charge in [-0.15, -0.1) is 0 Å². The molecule has 33 heavy (non-hydrogen) atoms. The van der Waals surface area contributed by atoms with Crippen molar-refractivity contribution in [3.8, 4) is 5.75 Å². The third kappa shape index (κ3) is 3.61. The highest BCUT2D eigenvalue weighted by molar-refractivity contribution is 6.03. The quantitative estimate of drug-likeness (QED) is 0.431. The number of hydrogen-bond donors (Lipinski definition) is 1. The first-order chi connectivity index (χ1) is 16.1. The smallest absolute Gasteiger partial charge is 0.338 e. The minimum absolute atomic E-state index is 0.228. The summed E-state index contributed by atoms with van der Waals surface area (Å²) in [5.41, 5.74) is 4.18. The summed E-state index contributed by atoms with van der Waals surface area (Å²) in [7, 11) is 1.60. The summed E-state index contributed by atoms with van der Waals surface area (Å²) in [4.78, 5) is 18.1. The van der Waals surface area contributed by atoms with Crippen molar-refractivity contribution >= 4 is 28.6 Å². The van der Waals surface area contributed by atoms with Crippen molar-refractivity contribution in [2.75, 3.05) is 19.0 Å². The fourth-order valence-corrected chi connectivity index (χ4v) is 4.21. The second-order valence-electron chi connectivity index (χ2n) is 7.61. The fourth-order valence-electron chi connectivity index (χ4n) is 4.21. The van der Waals surface area contributed by atoms with Crippen molar-refractivity contribution in [3.63, 3.8) is 0 Å². The lowest BCUT2D eigenvalue weighted by Gasteiger charge is -2.31. The summed E-state index contributed by atoms with van der Waals surface area (Å²) in [5, 5.41) is 3.36. The number of fused-ring (bicyclic) bond motifs is 3. The standard InChI is InChI=1S/C26H22FN3O3/c1-3-33-25(31)22-23(16-10-14-19(32-2)15-11-16)29-26-28-20-6-4-5-7-21(20)30(26)24(22)17-8-12-18(27)13-9-17/h4-15,24H,3H2,1-2H3,(H,28,29)/t24-/m1/s1. The molecule has 1 aliphatic heterocycles. The van der Waals surface area contributed by atoms with Crippen LogP contribution in [0.2, 0.25) is 0 Å². The van der Waals surface area contributed by atoms with Crippen LogP contribution in [0.25, 0.3) is 16.7 Å². The molecule has 0 unspecified atom stereocenters. The number of rotatable bonds is 5. The lowest BCUT2D eigenvalue weighted by molar-refractivity contribution is -0.138. The summed E-state index contributed by atoms with van der Waals surface area (Å²) in [6.07, 6.45) is 0. The minimum Gasteiger partial charge on any atom is -0.497 e. The largest absolute Gasteiger partial charge is 0.497 e. The second kappa shape index (κ2) is 8.43. The van der Waals surface area contributed by atoms with Gasteiger partial charge in [0.05, 0.1) is 42.1 Å². The zero-order chi connectivity index (χ0) is 22.9. The van der Waals surface area contributed by atoms with Crippen molar-refractivity contribution in [3.05, 3.63) is 95.3 Å². The summed E-state index contributed by atoms with van der Waals surface area (Å²) < 4.78 is 26.5. The van der Waals surface area contributed by atoms with E-state index in [-0.39, 0.29) is 12.4 Å². The molecule has 0 spiro atoms. The number of ether oxygens (including phenoxy) is 2. The minimum atomic E-state index is -0.564. The molecule has 5 rings (SSSR count). The SMILES string of the molecule is CCOC(=O)C1=C(c2ccc(OC)cc2)Nc2nc3ccccc3n2[C@@H]1c1ccc(F)cc1. The van der Waals surface area contributed by atoms with Gasteiger partial charge in [-0.1, -0.05) is 24.3 Å². The molecule has 0 saturated carbocycles. The van der Waals surface area contributed by atoms with Crippen molar-refractivity contribution in [1.82, 2.24) is 9.55 Å². The van der Waals surface area contributed by atoms with Crippen LogP contribution in [0.5, 0.6) is 5.75 Å². The first-order valence-electron chi connectivity index (χ1n) is 10.7. The number of anilines is 1. The maximum Gasteiger partial charge on any atom is 0.338 e. The highest BCUT2D eigenvalue weighted by Gasteiger charge is 2.36. The van der Waals surface area contributed by atoms with Crippen LogP contribution in [-0.4, -0.2) is 29.2 Å². The molecule has 0 radical (unpaired) electrons. The first kappa shape index (κ1) is 20.8. The van der Waals surface area contributed by atoms with Crippen molar-refractivity contribution < 1.29 is 18.7 Å². The van der Waals surface area contributed by atoms with E-state index >= 15 is 0 Å². The van der Waals surface area contributed by atoms with Gasteiger partial charge in [0.2, 0.25) is 5.95 Å². The Kier molecular flexibility index (Phi) is 5.30. The summed E-state index contributed by atoms with van der Waals surface area (Å²) in [6.45, 7) is 2.00. The molecule has 2 heterocycles. The van der Waals surface area contributed by atoms with Crippen molar-refractivity contribution in [2.45, 2.75) is 13.0 Å². The number of aromatic nitrogens is 2. The van der Waals surface area contributed by atoms with E-state index in [1.807, 2.05) is 53.1 Å². The molecule has 1 aromatic heterocycles. The zero-order valence-corrected chi connectivity index (χ0v) is 18.2. The maximum atomic E-state index is 13.8. The Hall–Kier alpha value is -4.13. The Morgan fingerprint density at radius 1 is 1.06 bits per heavy atom. The van der Waals surface area contributed by atoms with Crippen LogP contribution < -0.4 is 10.1 Å². The molecule has 0 aliphatic carbocycles. The molecule has 6 nitrogen and oxygen atoms in total. The summed E-state index contributed by atoms with van der Waals surface area (Å²) >= 11 is 0. The highest BCUT2D eigenvalue weighted by Crippen LogP contribution is 2.42. The lowest BCUT2D eigenvalue weighted by Crippen LogP contribution is -2.29. The molecule has 1 N–H and O–H groups in total. The molecule has 0 bridgehead atoms. The summed E-state index contributed by atoms with van der Waals surface area (Å²) in [6, 6.07) is 20.7. The Morgan fingerprint density at radius 3 is 2.48 bits per heavy atom. The zero-order valence-electron chi connectivity index (χ0n) is 18.2. The van der Waals surface area contributed by atoms with Crippen LogP contribution >= 0.6 is 0 Å². The number of benzene rings is 3. The number of methoxy groups -OCH3 is 1. The van der Waals surface area contributed by atoms with Gasteiger partial charge in [-0.3, -0.25) is 4.57 Å². The van der Waals surface area contributed by atoms with Gasteiger partial charge in [0.15, 0.2) is 0 Å². The molecule has 0 amide bonds. The van der Waals surface area contributed by atoms with Gasteiger partial charge in [-0.2, -0.15) is 0 Å². The molecular formula is C26H22FN3O3. The topological polar surface area (TPSA) is 65.4 Å². The van der Waals surface area contributed by atoms with E-state index in [1.165, 1.54) is 12.1 Å². The van der Waals surface area contributed by atoms with Crippen LogP contribution in [0.15, 0.2) is 78.4 Å². The van der Waals surface area contributed by atoms with E-state index in [0.717, 1.165) is 22.2 Å². The van der Waals surface area contributed by atoms with Gasteiger partial charge >= 0.3 is 5.97 Å². The van der Waals surface area contributed by atoms with Gasteiger partial charge in [-0.25, -0.2) is 14.2 Å². The predicted octanol–water partition coefficient (Wildman–Crippen LogP) is 5.17. The number of imidazole rings is 1. The van der Waals surface area contributed by atoms with E-state index in [2.05, 4.69) is 5.32 Å². The Balaban J connectivity index is 1.80. The molecule has 0 saturated heterocycles. The number of para-hydroxylation sites is 2. The fraction of sp³-hybridized carbons (Fsp3) is 0.154. The predicted molar refractivity (Wildman–Crippen MR) is 124 cm³/mol. The maximum absolute atomic E-state index is 13.8. The third-order valence-electron chi connectivity index (χ3n) is 5.69. The number of esters is 1. The van der Waals surface area contributed by atoms with Crippen LogP contribution in [0.4, 0.5) is 10.3 Å². The van der Waals surface area contributed by atoms with E-state index in [1.54, 1.807) is 26.2 Å². The van der Waals surface area contributed by atoms with E-state index < -0.39 is 12.0 Å². The number of nitrogens with zero attached hydrogens (tertiary/aromatic N) is 2. The molecule has 3 aromatic carbocycles. The molecule has 1 atom stereocenters. The Labute approximate surface area is 190 Å². The molecule has 1 aliphatic rings. The van der Waals surface area contributed by atoms with Gasteiger partial charge in [-0.05, 0) is 66.6 Å². The van der Waals surface area contributed by atoms with Gasteiger partial charge in [0.1, 0.15) is 11.6 Å². The highest BCUT2D eigenvalue weighted by atomic mass is 19.1. The molecule has 7 heteroatoms. The monoisotopic (exact) mass is 443 g/mol. The van der Waals surface area contributed by atoms with E-state index in [9.17, 15) is 9.18 Å². The summed E-state index contributed by atoms with van der Waals surface area (Å²) in [5.74, 6) is 0.494. The number of nitrogens with one attached hydrogen (secondary N) is 1. The van der Waals surface area contributed by atoms with Crippen LogP contribution in [0.3, 0.4) is 0 Å². The number of carbonyl (C=O) groups is 1. The number of halogens is 1. The average Bonchev–Trinajstić information content (AvgIpc) is 3.22. The third-order valence-corrected chi connectivity index (χ3v) is 5.69. The normalized spacial score (nSPS) is 15.2. The van der Waals surface area contributed by atoms with Crippen LogP contribution in [-0.2, 0) is 9.53 Å². The average molecular weight is 443 g/mol. The lowest BCUT2D eigenvalue weighted by atomic mass is 9.92. The molecule has 0 fully saturated rings. The number of hydrogen-bond acceptors (Lipinski definition) is 5. The molecule has 4 aromatic rings. The van der Waals surface area contributed by atoms with Crippen LogP contribution in [0.1, 0.15) is 24.1 Å². The van der Waals surface area contributed by atoms with Crippen LogP contribution in [0, 0.1) is 5.82 Å². The van der Waals surface area contributed by atoms with Gasteiger partial charge < -0.3 is 14.8 Å². The van der Waals surface area contributed by atoms with E-state index in [0.29, 0.717) is 23.0 Å². The number of carbonyl (C=O) groups excluding carboxylic acids is 1. The van der Waals surface area contributed by atoms with Gasteiger partial charge in [0.25, 0.3) is 0 Å². The molecule has 166 valence electrons. The van der Waals surface area contributed by atoms with Gasteiger partial charge in [0, 0.05) is 0 Å². The Morgan fingerprint density at radius 2 is 1.79 bits per heavy atom. The van der Waals surface area contributed by atoms with Crippen molar-refractivity contribution in [2.24, 2.45) is 0 Å². The Bertz CT molecular complexity index is 1360. The first-order valence-corrected chi connectivity index (χ1v) is 10.7. The second-order valence-corrected chi connectivity index (χ2v) is 7.61. The van der Waals surface area contributed by atoms with E-state index in [4.69, 9.17) is 14.5 Å². The van der Waals surface area contributed by atoms with Crippen molar-refractivity contribution in [1.29, 1.82) is 0 Å². The molecular weight excluding hydrogens is 421 g/mol.